The fourth-order valence-electron chi connectivity index (χ4n) is 3.60. The molecule has 0 radical (unpaired) electrons. The Labute approximate surface area is 173 Å². The zero-order chi connectivity index (χ0) is 20.6. The average Bonchev–Trinajstić information content (AvgIpc) is 3.23. The number of aryl methyl sites for hydroxylation is 1. The number of nitrogens with one attached hydrogen (secondary N) is 3. The molecule has 1 saturated heterocycles. The second kappa shape index (κ2) is 10.1. The molecule has 3 aromatic rings. The third-order valence-corrected chi connectivity index (χ3v) is 5.40. The van der Waals surface area contributed by atoms with E-state index in [2.05, 4.69) is 47.1 Å². The van der Waals surface area contributed by atoms with Gasteiger partial charge in [0.25, 0.3) is 5.91 Å². The lowest BCUT2D eigenvalue weighted by Gasteiger charge is -2.11. The van der Waals surface area contributed by atoms with E-state index >= 15 is 0 Å². The van der Waals surface area contributed by atoms with E-state index in [1.54, 1.807) is 0 Å². The fourth-order valence-corrected chi connectivity index (χ4v) is 3.60. The summed E-state index contributed by atoms with van der Waals surface area (Å²) in [5.74, 6) is -0.0486. The summed E-state index contributed by atoms with van der Waals surface area (Å²) in [6.45, 7) is 5.93. The van der Waals surface area contributed by atoms with Crippen molar-refractivity contribution in [1.29, 1.82) is 0 Å². The van der Waals surface area contributed by atoms with Gasteiger partial charge >= 0.3 is 0 Å². The Kier molecular flexibility index (Phi) is 7.25. The molecule has 1 unspecified atom stereocenters. The predicted molar refractivity (Wildman–Crippen MR) is 123 cm³/mol. The van der Waals surface area contributed by atoms with Gasteiger partial charge in [0, 0.05) is 30.9 Å². The topological polar surface area (TPSA) is 53.2 Å². The van der Waals surface area contributed by atoms with E-state index in [0.29, 0.717) is 12.1 Å². The Morgan fingerprint density at radius 3 is 2.59 bits per heavy atom. The molecule has 29 heavy (non-hydrogen) atoms. The zero-order valence-corrected chi connectivity index (χ0v) is 17.6. The number of benzene rings is 3. The summed E-state index contributed by atoms with van der Waals surface area (Å²) in [6.07, 6.45) is 2.75. The van der Waals surface area contributed by atoms with Gasteiger partial charge in [0.15, 0.2) is 0 Å². The summed E-state index contributed by atoms with van der Waals surface area (Å²) in [5.41, 5.74) is 3.74. The molecule has 1 fully saturated rings. The van der Waals surface area contributed by atoms with Crippen LogP contribution < -0.4 is 16.0 Å². The van der Waals surface area contributed by atoms with Crippen LogP contribution in [0.3, 0.4) is 0 Å². The first-order chi connectivity index (χ1) is 14.1. The Morgan fingerprint density at radius 1 is 1.10 bits per heavy atom. The van der Waals surface area contributed by atoms with Crippen LogP contribution in [-0.2, 0) is 6.54 Å². The van der Waals surface area contributed by atoms with Crippen LogP contribution >= 0.6 is 0 Å². The minimum Gasteiger partial charge on any atom is -0.388 e. The molecule has 4 heteroatoms. The van der Waals surface area contributed by atoms with Crippen molar-refractivity contribution >= 4 is 22.4 Å². The van der Waals surface area contributed by atoms with Crippen molar-refractivity contribution in [2.75, 3.05) is 18.9 Å². The first-order valence-electron chi connectivity index (χ1n) is 10.3. The lowest BCUT2D eigenvalue weighted by atomic mass is 10.0. The summed E-state index contributed by atoms with van der Waals surface area (Å²) in [5, 5.41) is 11.8. The van der Waals surface area contributed by atoms with Gasteiger partial charge in [-0.25, -0.2) is 0 Å². The lowest BCUT2D eigenvalue weighted by Crippen LogP contribution is -2.23. The summed E-state index contributed by atoms with van der Waals surface area (Å²) in [4.78, 5) is 12.5. The first kappa shape index (κ1) is 20.9. The van der Waals surface area contributed by atoms with E-state index in [1.165, 1.54) is 30.2 Å². The quantitative estimate of drug-likeness (QED) is 0.596. The minimum absolute atomic E-state index is 0.0486. The molecular formula is C25H31N3O. The highest BCUT2D eigenvalue weighted by Gasteiger charge is 2.10. The monoisotopic (exact) mass is 389 g/mol. The molecule has 0 saturated carbocycles. The van der Waals surface area contributed by atoms with Crippen molar-refractivity contribution < 1.29 is 4.79 Å². The van der Waals surface area contributed by atoms with Crippen molar-refractivity contribution in [2.24, 2.45) is 0 Å². The van der Waals surface area contributed by atoms with Crippen LogP contribution in [0.4, 0.5) is 5.69 Å². The highest BCUT2D eigenvalue weighted by atomic mass is 16.1. The number of amides is 1. The molecule has 1 amide bonds. The Hall–Kier alpha value is -2.85. The van der Waals surface area contributed by atoms with Gasteiger partial charge in [-0.15, -0.1) is 0 Å². The summed E-state index contributed by atoms with van der Waals surface area (Å²) >= 11 is 0. The van der Waals surface area contributed by atoms with Crippen molar-refractivity contribution in [1.82, 2.24) is 10.6 Å². The van der Waals surface area contributed by atoms with Crippen LogP contribution in [0.5, 0.6) is 0 Å². The maximum absolute atomic E-state index is 12.5. The van der Waals surface area contributed by atoms with Crippen molar-refractivity contribution in [3.63, 3.8) is 0 Å². The molecule has 1 heterocycles. The smallest absolute Gasteiger partial charge is 0.251 e. The van der Waals surface area contributed by atoms with Gasteiger partial charge < -0.3 is 16.0 Å². The molecule has 0 spiro atoms. The molecule has 1 atom stereocenters. The molecule has 4 rings (SSSR count). The second-order valence-electron chi connectivity index (χ2n) is 7.60. The van der Waals surface area contributed by atoms with Gasteiger partial charge in [-0.05, 0) is 67.3 Å². The minimum atomic E-state index is -0.0486. The van der Waals surface area contributed by atoms with Gasteiger partial charge in [0.05, 0.1) is 0 Å². The maximum atomic E-state index is 12.5. The summed E-state index contributed by atoms with van der Waals surface area (Å²) in [7, 11) is 1.85. The van der Waals surface area contributed by atoms with E-state index in [-0.39, 0.29) is 5.91 Å². The average molecular weight is 390 g/mol. The fraction of sp³-hybridized carbons (Fsp3) is 0.320. The molecule has 1 aliphatic rings. The largest absolute Gasteiger partial charge is 0.388 e. The number of hydrogen-bond acceptors (Lipinski definition) is 3. The Morgan fingerprint density at radius 2 is 1.90 bits per heavy atom. The van der Waals surface area contributed by atoms with Crippen molar-refractivity contribution in [3.8, 4) is 0 Å². The Balaban J connectivity index is 0.000000343. The summed E-state index contributed by atoms with van der Waals surface area (Å²) in [6, 6.07) is 21.0. The third kappa shape index (κ3) is 5.58. The molecule has 1 aliphatic heterocycles. The van der Waals surface area contributed by atoms with Gasteiger partial charge in [-0.2, -0.15) is 0 Å². The molecule has 0 bridgehead atoms. The summed E-state index contributed by atoms with van der Waals surface area (Å²) < 4.78 is 0. The number of hydrogen-bond donors (Lipinski definition) is 3. The second-order valence-corrected chi connectivity index (χ2v) is 7.60. The third-order valence-electron chi connectivity index (χ3n) is 5.40. The number of carbonyl (C=O) groups is 1. The first-order valence-corrected chi connectivity index (χ1v) is 10.3. The van der Waals surface area contributed by atoms with Crippen LogP contribution in [0, 0.1) is 6.92 Å². The van der Waals surface area contributed by atoms with Crippen molar-refractivity contribution in [3.05, 3.63) is 77.4 Å². The molecule has 4 nitrogen and oxygen atoms in total. The molecule has 152 valence electrons. The SMILES string of the molecule is CC1CCCN1.CNc1ccc(C)c(C(=O)NCc2cccc3ccccc23)c1. The highest BCUT2D eigenvalue weighted by molar-refractivity contribution is 5.97. The maximum Gasteiger partial charge on any atom is 0.251 e. The number of rotatable bonds is 4. The standard InChI is InChI=1S/C20H20N2O.C5H11N/c1-14-10-11-17(21-2)12-19(14)20(23)22-13-16-8-5-7-15-6-3-4-9-18(15)16;1-5-3-2-4-6-5/h3-12,21H,13H2,1-2H3,(H,22,23);5-6H,2-4H2,1H3. The number of anilines is 1. The van der Waals surface area contributed by atoms with Crippen LogP contribution in [0.1, 0.15) is 41.3 Å². The van der Waals surface area contributed by atoms with Crippen LogP contribution in [0.25, 0.3) is 10.8 Å². The highest BCUT2D eigenvalue weighted by Crippen LogP contribution is 2.19. The van der Waals surface area contributed by atoms with Crippen molar-refractivity contribution in [2.45, 2.75) is 39.3 Å². The van der Waals surface area contributed by atoms with E-state index in [9.17, 15) is 4.79 Å². The zero-order valence-electron chi connectivity index (χ0n) is 17.6. The molecule has 3 N–H and O–H groups in total. The van der Waals surface area contributed by atoms with E-state index in [1.807, 2.05) is 50.4 Å². The van der Waals surface area contributed by atoms with Crippen LogP contribution in [0.2, 0.25) is 0 Å². The number of fused-ring (bicyclic) bond motifs is 1. The molecule has 0 aliphatic carbocycles. The lowest BCUT2D eigenvalue weighted by molar-refractivity contribution is 0.0950. The van der Waals surface area contributed by atoms with E-state index < -0.39 is 0 Å². The van der Waals surface area contributed by atoms with Gasteiger partial charge in [-0.1, -0.05) is 48.5 Å². The molecular weight excluding hydrogens is 358 g/mol. The van der Waals surface area contributed by atoms with Gasteiger partial charge in [0.1, 0.15) is 0 Å². The van der Waals surface area contributed by atoms with E-state index in [4.69, 9.17) is 0 Å². The Bertz CT molecular complexity index is 956. The molecule has 0 aromatic heterocycles. The van der Waals surface area contributed by atoms with Gasteiger partial charge in [-0.3, -0.25) is 4.79 Å². The van der Waals surface area contributed by atoms with E-state index in [0.717, 1.165) is 22.9 Å². The molecule has 3 aromatic carbocycles. The van der Waals surface area contributed by atoms with Crippen LogP contribution in [0.15, 0.2) is 60.7 Å². The number of carbonyl (C=O) groups excluding carboxylic acids is 1. The van der Waals surface area contributed by atoms with Crippen LogP contribution in [-0.4, -0.2) is 25.5 Å². The normalized spacial score (nSPS) is 15.5. The predicted octanol–water partition coefficient (Wildman–Crippen LogP) is 4.88. The van der Waals surface area contributed by atoms with Gasteiger partial charge in [0.2, 0.25) is 0 Å².